The van der Waals surface area contributed by atoms with E-state index in [-0.39, 0.29) is 38.2 Å². The minimum atomic E-state index is -4.98. The highest BCUT2D eigenvalue weighted by molar-refractivity contribution is 5.94. The van der Waals surface area contributed by atoms with E-state index in [4.69, 9.17) is 15.2 Å². The smallest absolute Gasteiger partial charge is 0.454 e. The van der Waals surface area contributed by atoms with Gasteiger partial charge in [0.2, 0.25) is 18.6 Å². The second kappa shape index (κ2) is 12.9. The Labute approximate surface area is 268 Å². The molecule has 1 saturated heterocycles. The van der Waals surface area contributed by atoms with Crippen LogP contribution in [0.25, 0.3) is 10.8 Å². The fraction of sp³-hybridized carbons (Fsp3) is 0.286. The molecule has 244 valence electrons. The van der Waals surface area contributed by atoms with E-state index in [1.807, 2.05) is 42.5 Å². The number of amides is 3. The lowest BCUT2D eigenvalue weighted by atomic mass is 9.96. The molecule has 1 unspecified atom stereocenters. The van der Waals surface area contributed by atoms with E-state index in [1.165, 1.54) is 21.9 Å². The number of nitrogens with zero attached hydrogens (tertiary/aromatic N) is 2. The molecule has 0 spiro atoms. The predicted octanol–water partition coefficient (Wildman–Crippen LogP) is 5.30. The molecule has 2 N–H and O–H groups in total. The fourth-order valence-corrected chi connectivity index (χ4v) is 6.35. The summed E-state index contributed by atoms with van der Waals surface area (Å²) in [5.41, 5.74) is 7.44. The zero-order chi connectivity index (χ0) is 33.3. The van der Waals surface area contributed by atoms with Crippen molar-refractivity contribution in [3.63, 3.8) is 0 Å². The standard InChI is InChI=1S/C35H32F3N3O6/c1-21-14-15-40(28(33(39)43)19-24-8-4-7-23-6-2-3-11-27(23)24)34(44)32(25-9-5-10-26(18-25)47-35(36,37)38)41(21)31(42)17-22-12-13-29-30(16-22)46-20-45-29/h2-13,16,18,21,28,32H,14-15,17,19-20H2,1H3,(H2,39,43)/t21-,28?,32+/m1/s1. The molecule has 3 atom stereocenters. The van der Waals surface area contributed by atoms with Crippen LogP contribution in [0.4, 0.5) is 13.2 Å². The van der Waals surface area contributed by atoms with Crippen LogP contribution in [-0.2, 0) is 27.2 Å². The van der Waals surface area contributed by atoms with Gasteiger partial charge in [0.05, 0.1) is 6.42 Å². The van der Waals surface area contributed by atoms with E-state index in [1.54, 1.807) is 25.1 Å². The summed E-state index contributed by atoms with van der Waals surface area (Å²) in [6.45, 7) is 1.90. The van der Waals surface area contributed by atoms with Gasteiger partial charge in [-0.15, -0.1) is 13.2 Å². The van der Waals surface area contributed by atoms with Crippen molar-refractivity contribution in [3.8, 4) is 17.2 Å². The molecule has 0 aromatic heterocycles. The lowest BCUT2D eigenvalue weighted by Crippen LogP contribution is -2.52. The van der Waals surface area contributed by atoms with Crippen LogP contribution >= 0.6 is 0 Å². The fourth-order valence-electron chi connectivity index (χ4n) is 6.35. The average molecular weight is 648 g/mol. The molecule has 4 aromatic carbocycles. The minimum Gasteiger partial charge on any atom is -0.454 e. The first kappa shape index (κ1) is 31.7. The maximum atomic E-state index is 14.6. The minimum absolute atomic E-state index is 0.0540. The molecular weight excluding hydrogens is 615 g/mol. The maximum absolute atomic E-state index is 14.6. The van der Waals surface area contributed by atoms with Crippen LogP contribution in [0.15, 0.2) is 84.9 Å². The summed E-state index contributed by atoms with van der Waals surface area (Å²) in [6, 6.07) is 20.3. The van der Waals surface area contributed by atoms with E-state index in [0.29, 0.717) is 17.1 Å². The highest BCUT2D eigenvalue weighted by atomic mass is 19.4. The summed E-state index contributed by atoms with van der Waals surface area (Å²) in [4.78, 5) is 44.5. The Balaban J connectivity index is 1.39. The summed E-state index contributed by atoms with van der Waals surface area (Å²) in [6.07, 6.45) is -4.71. The van der Waals surface area contributed by atoms with Crippen molar-refractivity contribution < 1.29 is 41.8 Å². The van der Waals surface area contributed by atoms with Gasteiger partial charge in [0.1, 0.15) is 17.8 Å². The molecule has 4 aromatic rings. The Morgan fingerprint density at radius 2 is 1.72 bits per heavy atom. The van der Waals surface area contributed by atoms with Gasteiger partial charge in [-0.25, -0.2) is 0 Å². The van der Waals surface area contributed by atoms with Gasteiger partial charge in [0, 0.05) is 19.0 Å². The average Bonchev–Trinajstić information content (AvgIpc) is 3.45. The molecule has 0 bridgehead atoms. The van der Waals surface area contributed by atoms with Crippen molar-refractivity contribution in [2.45, 2.75) is 50.7 Å². The number of halogens is 3. The number of primary amides is 1. The molecule has 2 aliphatic rings. The van der Waals surface area contributed by atoms with Crippen molar-refractivity contribution in [3.05, 3.63) is 102 Å². The molecule has 0 saturated carbocycles. The van der Waals surface area contributed by atoms with Crippen molar-refractivity contribution in [2.24, 2.45) is 5.73 Å². The molecule has 2 heterocycles. The summed E-state index contributed by atoms with van der Waals surface area (Å²) < 4.78 is 54.6. The van der Waals surface area contributed by atoms with Crippen LogP contribution in [0.5, 0.6) is 17.2 Å². The van der Waals surface area contributed by atoms with Crippen molar-refractivity contribution in [2.75, 3.05) is 13.3 Å². The first-order valence-corrected chi connectivity index (χ1v) is 15.1. The summed E-state index contributed by atoms with van der Waals surface area (Å²) in [5.74, 6) is -1.35. The van der Waals surface area contributed by atoms with E-state index < -0.39 is 48.0 Å². The quantitative estimate of drug-likeness (QED) is 0.278. The van der Waals surface area contributed by atoms with Crippen LogP contribution in [-0.4, -0.2) is 59.3 Å². The third-order valence-corrected chi connectivity index (χ3v) is 8.54. The van der Waals surface area contributed by atoms with Crippen molar-refractivity contribution in [1.82, 2.24) is 9.80 Å². The number of hydrogen-bond donors (Lipinski definition) is 1. The number of benzene rings is 4. The van der Waals surface area contributed by atoms with Gasteiger partial charge in [0.15, 0.2) is 11.5 Å². The monoisotopic (exact) mass is 647 g/mol. The van der Waals surface area contributed by atoms with E-state index in [2.05, 4.69) is 4.74 Å². The van der Waals surface area contributed by atoms with Crippen LogP contribution in [0.2, 0.25) is 0 Å². The Kier molecular flexibility index (Phi) is 8.67. The first-order valence-electron chi connectivity index (χ1n) is 15.1. The Hall–Kier alpha value is -5.26. The van der Waals surface area contributed by atoms with E-state index in [0.717, 1.165) is 28.5 Å². The Morgan fingerprint density at radius 1 is 0.979 bits per heavy atom. The zero-order valence-electron chi connectivity index (χ0n) is 25.4. The lowest BCUT2D eigenvalue weighted by molar-refractivity contribution is -0.274. The predicted molar refractivity (Wildman–Crippen MR) is 165 cm³/mol. The summed E-state index contributed by atoms with van der Waals surface area (Å²) >= 11 is 0. The molecule has 0 aliphatic carbocycles. The third-order valence-electron chi connectivity index (χ3n) is 8.54. The third kappa shape index (κ3) is 6.81. The number of hydrogen-bond acceptors (Lipinski definition) is 6. The van der Waals surface area contributed by atoms with Crippen molar-refractivity contribution >= 4 is 28.5 Å². The second-order valence-electron chi connectivity index (χ2n) is 11.6. The molecule has 1 fully saturated rings. The number of carbonyl (C=O) groups excluding carboxylic acids is 3. The van der Waals surface area contributed by atoms with Crippen LogP contribution in [0, 0.1) is 0 Å². The normalized spacial score (nSPS) is 18.6. The number of alkyl halides is 3. The number of rotatable bonds is 8. The lowest BCUT2D eigenvalue weighted by Gasteiger charge is -2.36. The number of nitrogens with two attached hydrogens (primary N) is 1. The van der Waals surface area contributed by atoms with Gasteiger partial charge in [0.25, 0.3) is 5.91 Å². The highest BCUT2D eigenvalue weighted by Crippen LogP contribution is 2.36. The topological polar surface area (TPSA) is 111 Å². The summed E-state index contributed by atoms with van der Waals surface area (Å²) in [7, 11) is 0. The summed E-state index contributed by atoms with van der Waals surface area (Å²) in [5, 5.41) is 1.84. The molecule has 2 aliphatic heterocycles. The first-order chi connectivity index (χ1) is 22.5. The second-order valence-corrected chi connectivity index (χ2v) is 11.6. The molecule has 12 heteroatoms. The van der Waals surface area contributed by atoms with Crippen molar-refractivity contribution in [1.29, 1.82) is 0 Å². The largest absolute Gasteiger partial charge is 0.573 e. The maximum Gasteiger partial charge on any atom is 0.573 e. The Morgan fingerprint density at radius 3 is 2.51 bits per heavy atom. The van der Waals surface area contributed by atoms with Gasteiger partial charge >= 0.3 is 6.36 Å². The van der Waals surface area contributed by atoms with E-state index >= 15 is 0 Å². The molecule has 3 amide bonds. The van der Waals surface area contributed by atoms with Crippen LogP contribution < -0.4 is 19.9 Å². The molecule has 6 rings (SSSR count). The SMILES string of the molecule is C[C@@H]1CCN(C(Cc2cccc3ccccc23)C(N)=O)C(=O)[C@H](c2cccc(OC(F)(F)F)c2)N1C(=O)Cc1ccc2c(c1)OCO2. The molecular formula is C35H32F3N3O6. The zero-order valence-corrected chi connectivity index (χ0v) is 25.4. The highest BCUT2D eigenvalue weighted by Gasteiger charge is 2.43. The van der Waals surface area contributed by atoms with Crippen LogP contribution in [0.1, 0.15) is 36.1 Å². The van der Waals surface area contributed by atoms with Gasteiger partial charge < -0.3 is 29.7 Å². The number of ether oxygens (including phenoxy) is 3. The number of carbonyl (C=O) groups is 3. The van der Waals surface area contributed by atoms with Gasteiger partial charge in [-0.3, -0.25) is 14.4 Å². The van der Waals surface area contributed by atoms with Gasteiger partial charge in [-0.2, -0.15) is 0 Å². The van der Waals surface area contributed by atoms with Gasteiger partial charge in [-0.05, 0) is 65.1 Å². The Bertz CT molecular complexity index is 1820. The van der Waals surface area contributed by atoms with Crippen LogP contribution in [0.3, 0.4) is 0 Å². The molecule has 9 nitrogen and oxygen atoms in total. The van der Waals surface area contributed by atoms with Gasteiger partial charge in [-0.1, -0.05) is 60.7 Å². The molecule has 0 radical (unpaired) electrons. The number of fused-ring (bicyclic) bond motifs is 2. The molecule has 47 heavy (non-hydrogen) atoms. The van der Waals surface area contributed by atoms with E-state index in [9.17, 15) is 27.6 Å².